The number of nitrogens with one attached hydrogen (secondary N) is 1. The van der Waals surface area contributed by atoms with Crippen LogP contribution in [0.15, 0.2) is 30.3 Å². The van der Waals surface area contributed by atoms with Gasteiger partial charge in [0.25, 0.3) is 0 Å². The summed E-state index contributed by atoms with van der Waals surface area (Å²) in [6, 6.07) is 9.08. The molecule has 0 aromatic heterocycles. The van der Waals surface area contributed by atoms with Gasteiger partial charge in [-0.3, -0.25) is 9.59 Å². The van der Waals surface area contributed by atoms with E-state index in [2.05, 4.69) is 0 Å². The van der Waals surface area contributed by atoms with Gasteiger partial charge in [-0.15, -0.1) is 0 Å². The Balaban J connectivity index is 0.00000289. The van der Waals surface area contributed by atoms with Crippen LogP contribution in [0.1, 0.15) is 19.4 Å². The minimum absolute atomic E-state index is 0. The van der Waals surface area contributed by atoms with Gasteiger partial charge >= 0.3 is 57.4 Å². The van der Waals surface area contributed by atoms with Gasteiger partial charge in [-0.05, 0) is 19.4 Å². The molecule has 5 heteroatoms. The predicted molar refractivity (Wildman–Crippen MR) is 71.4 cm³/mol. The van der Waals surface area contributed by atoms with E-state index < -0.39 is 17.2 Å². The fourth-order valence-electron chi connectivity index (χ4n) is 1.35. The summed E-state index contributed by atoms with van der Waals surface area (Å²) in [6.07, 6.45) is 0.163. The Labute approximate surface area is 149 Å². The van der Waals surface area contributed by atoms with Crippen LogP contribution in [-0.2, 0) is 16.0 Å². The standard InChI is InChI=1S/C13H15NO3.K.H/c1-13(2,12(16)17)11(15)10(14)8-9-6-4-3-5-7-9;;/h3-7,14H,8H2,1-2H3,(H,16,17);;. The topological polar surface area (TPSA) is 78.2 Å². The zero-order valence-corrected chi connectivity index (χ0v) is 9.86. The van der Waals surface area contributed by atoms with E-state index in [0.717, 1.165) is 5.56 Å². The van der Waals surface area contributed by atoms with Gasteiger partial charge in [0.1, 0.15) is 5.41 Å². The van der Waals surface area contributed by atoms with Gasteiger partial charge in [-0.1, -0.05) is 30.3 Å². The molecule has 0 aliphatic rings. The molecule has 0 radical (unpaired) electrons. The summed E-state index contributed by atoms with van der Waals surface area (Å²) >= 11 is 0. The number of rotatable bonds is 5. The van der Waals surface area contributed by atoms with Crippen molar-refractivity contribution in [1.82, 2.24) is 0 Å². The van der Waals surface area contributed by atoms with E-state index in [4.69, 9.17) is 10.5 Å². The van der Waals surface area contributed by atoms with Crippen LogP contribution in [-0.4, -0.2) is 74.0 Å². The number of hydrogen-bond donors (Lipinski definition) is 2. The Bertz CT molecular complexity index is 455. The first-order valence-electron chi connectivity index (χ1n) is 5.25. The Morgan fingerprint density at radius 3 is 2.17 bits per heavy atom. The molecule has 1 aromatic rings. The maximum absolute atomic E-state index is 11.8. The van der Waals surface area contributed by atoms with E-state index in [1.807, 2.05) is 18.2 Å². The molecule has 4 nitrogen and oxygen atoms in total. The molecule has 1 aromatic carbocycles. The van der Waals surface area contributed by atoms with Crippen molar-refractivity contribution >= 4 is 68.8 Å². The molecule has 2 N–H and O–H groups in total. The molecule has 0 saturated heterocycles. The zero-order valence-electron chi connectivity index (χ0n) is 9.86. The molecule has 0 saturated carbocycles. The average Bonchev–Trinajstić information content (AvgIpc) is 2.29. The van der Waals surface area contributed by atoms with Gasteiger partial charge < -0.3 is 10.5 Å². The van der Waals surface area contributed by atoms with Crippen molar-refractivity contribution in [2.24, 2.45) is 5.41 Å². The van der Waals surface area contributed by atoms with E-state index in [9.17, 15) is 9.59 Å². The van der Waals surface area contributed by atoms with Crippen molar-refractivity contribution in [3.8, 4) is 0 Å². The summed E-state index contributed by atoms with van der Waals surface area (Å²) in [6.45, 7) is 2.63. The van der Waals surface area contributed by atoms with Gasteiger partial charge in [0.05, 0.1) is 5.71 Å². The van der Waals surface area contributed by atoms with Gasteiger partial charge in [-0.25, -0.2) is 0 Å². The number of carboxylic acid groups (broad SMARTS) is 1. The van der Waals surface area contributed by atoms with Crippen LogP contribution in [0.3, 0.4) is 0 Å². The van der Waals surface area contributed by atoms with Crippen LogP contribution in [0.2, 0.25) is 0 Å². The monoisotopic (exact) mass is 273 g/mol. The molecular weight excluding hydrogens is 257 g/mol. The van der Waals surface area contributed by atoms with Crippen LogP contribution < -0.4 is 0 Å². The number of Topliss-reactive ketones (excluding diaryl/α,β-unsaturated/α-hetero) is 1. The van der Waals surface area contributed by atoms with Gasteiger partial charge in [-0.2, -0.15) is 0 Å². The summed E-state index contributed by atoms with van der Waals surface area (Å²) in [5.74, 6) is -1.85. The molecule has 0 spiro atoms. The van der Waals surface area contributed by atoms with Crippen LogP contribution in [0, 0.1) is 10.8 Å². The molecule has 0 aliphatic heterocycles. The van der Waals surface area contributed by atoms with Gasteiger partial charge in [0.2, 0.25) is 0 Å². The van der Waals surface area contributed by atoms with E-state index in [-0.39, 0.29) is 63.5 Å². The third-order valence-corrected chi connectivity index (χ3v) is 2.60. The van der Waals surface area contributed by atoms with Crippen molar-refractivity contribution < 1.29 is 14.7 Å². The van der Waals surface area contributed by atoms with Crippen LogP contribution in [0.4, 0.5) is 0 Å². The molecule has 0 aliphatic carbocycles. The minimum atomic E-state index is -1.54. The Hall–Kier alpha value is -0.334. The SMILES string of the molecule is CC(C)(C(=O)O)C(=O)C(=N)Cc1ccccc1.[KH]. The van der Waals surface area contributed by atoms with E-state index in [0.29, 0.717) is 0 Å². The molecular formula is C13H16KNO3. The van der Waals surface area contributed by atoms with Crippen molar-refractivity contribution in [3.63, 3.8) is 0 Å². The summed E-state index contributed by atoms with van der Waals surface area (Å²) < 4.78 is 0. The molecule has 1 rings (SSSR count). The van der Waals surface area contributed by atoms with E-state index in [1.165, 1.54) is 13.8 Å². The first-order chi connectivity index (χ1) is 7.85. The first-order valence-corrected chi connectivity index (χ1v) is 5.25. The molecule has 18 heavy (non-hydrogen) atoms. The molecule has 92 valence electrons. The number of aliphatic carboxylic acids is 1. The number of hydrogen-bond acceptors (Lipinski definition) is 3. The van der Waals surface area contributed by atoms with Gasteiger partial charge in [0.15, 0.2) is 5.78 Å². The van der Waals surface area contributed by atoms with Crippen molar-refractivity contribution in [2.75, 3.05) is 0 Å². The average molecular weight is 273 g/mol. The van der Waals surface area contributed by atoms with Crippen LogP contribution in [0.25, 0.3) is 0 Å². The zero-order chi connectivity index (χ0) is 13.1. The maximum atomic E-state index is 11.8. The van der Waals surface area contributed by atoms with Gasteiger partial charge in [0, 0.05) is 6.42 Å². The second kappa shape index (κ2) is 7.30. The summed E-state index contributed by atoms with van der Waals surface area (Å²) in [7, 11) is 0. The normalized spacial score (nSPS) is 10.3. The summed E-state index contributed by atoms with van der Waals surface area (Å²) in [5.41, 5.74) is -0.887. The number of carbonyl (C=O) groups is 2. The third-order valence-electron chi connectivity index (χ3n) is 2.60. The Kier molecular flexibility index (Phi) is 7.17. The third kappa shape index (κ3) is 4.40. The Morgan fingerprint density at radius 2 is 1.72 bits per heavy atom. The second-order valence-electron chi connectivity index (χ2n) is 4.40. The van der Waals surface area contributed by atoms with Crippen molar-refractivity contribution in [2.45, 2.75) is 20.3 Å². The Morgan fingerprint density at radius 1 is 1.22 bits per heavy atom. The van der Waals surface area contributed by atoms with Crippen LogP contribution >= 0.6 is 0 Å². The summed E-state index contributed by atoms with van der Waals surface area (Å²) in [5, 5.41) is 16.6. The molecule has 0 atom stereocenters. The molecule has 0 unspecified atom stereocenters. The summed E-state index contributed by atoms with van der Waals surface area (Å²) in [4.78, 5) is 22.7. The van der Waals surface area contributed by atoms with E-state index >= 15 is 0 Å². The molecule has 0 amide bonds. The fourth-order valence-corrected chi connectivity index (χ4v) is 1.35. The van der Waals surface area contributed by atoms with Crippen LogP contribution in [0.5, 0.6) is 0 Å². The second-order valence-corrected chi connectivity index (χ2v) is 4.40. The quantitative estimate of drug-likeness (QED) is 0.482. The first kappa shape index (κ1) is 17.7. The molecule has 0 fully saturated rings. The number of ketones is 1. The fraction of sp³-hybridized carbons (Fsp3) is 0.308. The molecule has 0 heterocycles. The number of carbonyl (C=O) groups excluding carboxylic acids is 1. The molecule has 0 bridgehead atoms. The predicted octanol–water partition coefficient (Wildman–Crippen LogP) is 1.28. The number of carboxylic acids is 1. The van der Waals surface area contributed by atoms with Crippen molar-refractivity contribution in [1.29, 1.82) is 5.41 Å². The van der Waals surface area contributed by atoms with E-state index in [1.54, 1.807) is 12.1 Å². The number of benzene rings is 1. The van der Waals surface area contributed by atoms with Crippen molar-refractivity contribution in [3.05, 3.63) is 35.9 Å².